The second-order valence-electron chi connectivity index (χ2n) is 5.10. The van der Waals surface area contributed by atoms with Gasteiger partial charge < -0.3 is 14.5 Å². The van der Waals surface area contributed by atoms with Crippen molar-refractivity contribution in [3.05, 3.63) is 40.6 Å². The van der Waals surface area contributed by atoms with Gasteiger partial charge >= 0.3 is 0 Å². The summed E-state index contributed by atoms with van der Waals surface area (Å²) in [6, 6.07) is 7.02. The normalized spacial score (nSPS) is 15.7. The largest absolute Gasteiger partial charge is 0.388 e. The summed E-state index contributed by atoms with van der Waals surface area (Å²) in [6.45, 7) is 3.03. The Bertz CT molecular complexity index is 660. The number of likely N-dealkylation sites (tertiary alicyclic amines) is 1. The number of aromatic nitrogens is 1. The molecule has 2 aromatic rings. The van der Waals surface area contributed by atoms with Crippen LogP contribution in [0.2, 0.25) is 5.02 Å². The molecule has 1 N–H and O–H groups in total. The highest BCUT2D eigenvalue weighted by Crippen LogP contribution is 2.32. The number of amides is 1. The zero-order valence-corrected chi connectivity index (χ0v) is 12.3. The van der Waals surface area contributed by atoms with Crippen molar-refractivity contribution in [3.63, 3.8) is 0 Å². The summed E-state index contributed by atoms with van der Waals surface area (Å²) in [4.78, 5) is 14.0. The molecule has 1 fully saturated rings. The van der Waals surface area contributed by atoms with Crippen LogP contribution in [0.5, 0.6) is 0 Å². The van der Waals surface area contributed by atoms with E-state index in [4.69, 9.17) is 16.1 Å². The molecular weight excluding hydrogens is 292 g/mol. The molecule has 0 radical (unpaired) electrons. The molecule has 1 atom stereocenters. The third kappa shape index (κ3) is 2.54. The molecule has 6 heteroatoms. The molecule has 1 aliphatic heterocycles. The van der Waals surface area contributed by atoms with E-state index < -0.39 is 6.10 Å². The lowest BCUT2D eigenvalue weighted by Gasteiger charge is -2.30. The monoisotopic (exact) mass is 306 g/mol. The van der Waals surface area contributed by atoms with E-state index >= 15 is 0 Å². The lowest BCUT2D eigenvalue weighted by Crippen LogP contribution is -2.42. The van der Waals surface area contributed by atoms with E-state index in [1.807, 2.05) is 0 Å². The molecule has 2 heterocycles. The summed E-state index contributed by atoms with van der Waals surface area (Å²) in [5, 5.41) is 14.6. The number of aliphatic hydroxyl groups is 1. The van der Waals surface area contributed by atoms with E-state index in [-0.39, 0.29) is 11.7 Å². The summed E-state index contributed by atoms with van der Waals surface area (Å²) >= 11 is 5.87. The summed E-state index contributed by atoms with van der Waals surface area (Å²) in [5.74, 6) is -0.0977. The number of benzene rings is 1. The zero-order chi connectivity index (χ0) is 15.0. The van der Waals surface area contributed by atoms with Gasteiger partial charge in [0.15, 0.2) is 0 Å². The Morgan fingerprint density at radius 2 is 2.05 bits per heavy atom. The maximum absolute atomic E-state index is 12.3. The maximum Gasteiger partial charge on any atom is 0.292 e. The van der Waals surface area contributed by atoms with Crippen molar-refractivity contribution in [2.24, 2.45) is 0 Å². The molecule has 1 saturated heterocycles. The van der Waals surface area contributed by atoms with Crippen LogP contribution in [0.1, 0.15) is 35.6 Å². The average molecular weight is 307 g/mol. The molecule has 110 valence electrons. The van der Waals surface area contributed by atoms with E-state index in [1.54, 1.807) is 36.1 Å². The van der Waals surface area contributed by atoms with Crippen molar-refractivity contribution in [1.29, 1.82) is 0 Å². The fraction of sp³-hybridized carbons (Fsp3) is 0.333. The van der Waals surface area contributed by atoms with Gasteiger partial charge in [0, 0.05) is 23.7 Å². The number of rotatable bonds is 3. The van der Waals surface area contributed by atoms with Gasteiger partial charge in [-0.3, -0.25) is 4.79 Å². The van der Waals surface area contributed by atoms with Crippen molar-refractivity contribution in [2.75, 3.05) is 13.1 Å². The fourth-order valence-electron chi connectivity index (χ4n) is 2.32. The predicted molar refractivity (Wildman–Crippen MR) is 78.1 cm³/mol. The van der Waals surface area contributed by atoms with Crippen LogP contribution in [0.4, 0.5) is 0 Å². The van der Waals surface area contributed by atoms with Crippen molar-refractivity contribution >= 4 is 17.5 Å². The SMILES string of the molecule is CC(O)c1c(-c2ccc(Cl)cc2)noc1C(=O)N1CCC1. The van der Waals surface area contributed by atoms with Gasteiger partial charge in [0.2, 0.25) is 5.76 Å². The Morgan fingerprint density at radius 1 is 1.38 bits per heavy atom. The van der Waals surface area contributed by atoms with E-state index in [2.05, 4.69) is 5.16 Å². The van der Waals surface area contributed by atoms with Gasteiger partial charge in [0.25, 0.3) is 5.91 Å². The van der Waals surface area contributed by atoms with Gasteiger partial charge in [0.05, 0.1) is 11.7 Å². The number of hydrogen-bond acceptors (Lipinski definition) is 4. The van der Waals surface area contributed by atoms with Crippen LogP contribution in [0, 0.1) is 0 Å². The van der Waals surface area contributed by atoms with Gasteiger partial charge in [-0.25, -0.2) is 0 Å². The highest BCUT2D eigenvalue weighted by molar-refractivity contribution is 6.30. The molecule has 3 rings (SSSR count). The van der Waals surface area contributed by atoms with Crippen LogP contribution in [-0.2, 0) is 0 Å². The molecule has 0 bridgehead atoms. The zero-order valence-electron chi connectivity index (χ0n) is 11.5. The summed E-state index contributed by atoms with van der Waals surface area (Å²) in [7, 11) is 0. The Hall–Kier alpha value is -1.85. The molecular formula is C15H15ClN2O3. The van der Waals surface area contributed by atoms with Crippen LogP contribution in [0.25, 0.3) is 11.3 Å². The molecule has 0 saturated carbocycles. The van der Waals surface area contributed by atoms with E-state index in [9.17, 15) is 9.90 Å². The minimum Gasteiger partial charge on any atom is -0.388 e. The molecule has 1 unspecified atom stereocenters. The van der Waals surface area contributed by atoms with Crippen molar-refractivity contribution in [2.45, 2.75) is 19.4 Å². The highest BCUT2D eigenvalue weighted by Gasteiger charge is 2.31. The average Bonchev–Trinajstić information content (AvgIpc) is 2.82. The minimum atomic E-state index is -0.845. The summed E-state index contributed by atoms with van der Waals surface area (Å²) in [5.41, 5.74) is 1.65. The number of carbonyl (C=O) groups excluding carboxylic acids is 1. The van der Waals surface area contributed by atoms with E-state index in [0.29, 0.717) is 16.3 Å². The number of nitrogens with zero attached hydrogens (tertiary/aromatic N) is 2. The number of aliphatic hydroxyl groups excluding tert-OH is 1. The lowest BCUT2D eigenvalue weighted by atomic mass is 10.0. The van der Waals surface area contributed by atoms with E-state index in [0.717, 1.165) is 25.1 Å². The third-order valence-corrected chi connectivity index (χ3v) is 3.85. The molecule has 0 spiro atoms. The van der Waals surface area contributed by atoms with Gasteiger partial charge in [0.1, 0.15) is 5.69 Å². The van der Waals surface area contributed by atoms with Gasteiger partial charge in [-0.15, -0.1) is 0 Å². The van der Waals surface area contributed by atoms with E-state index in [1.165, 1.54) is 0 Å². The van der Waals surface area contributed by atoms with Crippen LogP contribution in [0.15, 0.2) is 28.8 Å². The quantitative estimate of drug-likeness (QED) is 0.947. The summed E-state index contributed by atoms with van der Waals surface area (Å²) in [6.07, 6.45) is 0.149. The molecule has 0 aliphatic carbocycles. The molecule has 21 heavy (non-hydrogen) atoms. The third-order valence-electron chi connectivity index (χ3n) is 3.60. The highest BCUT2D eigenvalue weighted by atomic mass is 35.5. The Kier molecular flexibility index (Phi) is 3.69. The first-order valence-corrected chi connectivity index (χ1v) is 7.18. The first-order chi connectivity index (χ1) is 10.1. The maximum atomic E-state index is 12.3. The number of halogens is 1. The van der Waals surface area contributed by atoms with Crippen molar-refractivity contribution < 1.29 is 14.4 Å². The molecule has 1 aromatic heterocycles. The van der Waals surface area contributed by atoms with Gasteiger partial charge in [-0.1, -0.05) is 28.9 Å². The van der Waals surface area contributed by atoms with Crippen LogP contribution in [0.3, 0.4) is 0 Å². The Balaban J connectivity index is 2.03. The van der Waals surface area contributed by atoms with Gasteiger partial charge in [-0.2, -0.15) is 0 Å². The summed E-state index contributed by atoms with van der Waals surface area (Å²) < 4.78 is 5.23. The smallest absolute Gasteiger partial charge is 0.292 e. The molecule has 1 aliphatic rings. The Morgan fingerprint density at radius 3 is 2.57 bits per heavy atom. The molecule has 1 amide bonds. The molecule has 1 aromatic carbocycles. The fourth-order valence-corrected chi connectivity index (χ4v) is 2.44. The lowest BCUT2D eigenvalue weighted by molar-refractivity contribution is 0.0601. The standard InChI is InChI=1S/C15H15ClN2O3/c1-9(19)12-13(10-3-5-11(16)6-4-10)17-21-14(12)15(20)18-7-2-8-18/h3-6,9,19H,2,7-8H2,1H3. The van der Waals surface area contributed by atoms with Crippen LogP contribution < -0.4 is 0 Å². The second-order valence-corrected chi connectivity index (χ2v) is 5.54. The first kappa shape index (κ1) is 14.1. The van der Waals surface area contributed by atoms with Gasteiger partial charge in [-0.05, 0) is 25.5 Å². The van der Waals surface area contributed by atoms with Crippen molar-refractivity contribution in [1.82, 2.24) is 10.1 Å². The van der Waals surface area contributed by atoms with Crippen molar-refractivity contribution in [3.8, 4) is 11.3 Å². The van der Waals surface area contributed by atoms with Crippen LogP contribution in [-0.4, -0.2) is 34.2 Å². The van der Waals surface area contributed by atoms with Crippen LogP contribution >= 0.6 is 11.6 Å². The topological polar surface area (TPSA) is 66.6 Å². The Labute approximate surface area is 127 Å². The number of hydrogen-bond donors (Lipinski definition) is 1. The second kappa shape index (κ2) is 5.50. The molecule has 5 nitrogen and oxygen atoms in total. The minimum absolute atomic E-state index is 0.120. The number of carbonyl (C=O) groups is 1. The predicted octanol–water partition coefficient (Wildman–Crippen LogP) is 2.89. The first-order valence-electron chi connectivity index (χ1n) is 6.81.